The van der Waals surface area contributed by atoms with Gasteiger partial charge < -0.3 is 5.11 Å². The largest absolute Gasteiger partial charge is 0.478 e. The Hall–Kier alpha value is -0.570. The van der Waals surface area contributed by atoms with E-state index in [1.54, 1.807) is 30.0 Å². The molecular formula is C10H7BrN2O2S3. The van der Waals surface area contributed by atoms with E-state index >= 15 is 0 Å². The second-order valence-corrected chi connectivity index (χ2v) is 7.26. The summed E-state index contributed by atoms with van der Waals surface area (Å²) in [7, 11) is 0. The lowest BCUT2D eigenvalue weighted by molar-refractivity contribution is 0.0696. The zero-order valence-corrected chi connectivity index (χ0v) is 13.1. The summed E-state index contributed by atoms with van der Waals surface area (Å²) in [6.07, 6.45) is 1.95. The number of carboxylic acids is 1. The number of benzene rings is 1. The van der Waals surface area contributed by atoms with Crippen LogP contribution < -0.4 is 0 Å². The van der Waals surface area contributed by atoms with Gasteiger partial charge in [-0.05, 0) is 40.4 Å². The predicted molar refractivity (Wildman–Crippen MR) is 76.9 cm³/mol. The molecule has 0 radical (unpaired) electrons. The molecule has 94 valence electrons. The number of carboxylic acid groups (broad SMARTS) is 1. The van der Waals surface area contributed by atoms with Crippen molar-refractivity contribution in [3.63, 3.8) is 0 Å². The average molecular weight is 363 g/mol. The maximum atomic E-state index is 10.8. The van der Waals surface area contributed by atoms with Crippen LogP contribution in [0.3, 0.4) is 0 Å². The molecule has 0 unspecified atom stereocenters. The van der Waals surface area contributed by atoms with Crippen LogP contribution in [0.25, 0.3) is 0 Å². The SMILES string of the molecule is CSc1nnc(Sc2ccc(C(=O)O)cc2Br)s1. The first-order valence-electron chi connectivity index (χ1n) is 4.68. The van der Waals surface area contributed by atoms with Gasteiger partial charge in [-0.2, -0.15) is 0 Å². The summed E-state index contributed by atoms with van der Waals surface area (Å²) in [6, 6.07) is 4.92. The van der Waals surface area contributed by atoms with Crippen LogP contribution in [0.1, 0.15) is 10.4 Å². The quantitative estimate of drug-likeness (QED) is 0.832. The third-order valence-corrected chi connectivity index (χ3v) is 5.88. The number of hydrogen-bond acceptors (Lipinski definition) is 6. The highest BCUT2D eigenvalue weighted by Gasteiger charge is 2.10. The van der Waals surface area contributed by atoms with E-state index in [0.29, 0.717) is 0 Å². The first-order valence-corrected chi connectivity index (χ1v) is 8.33. The minimum Gasteiger partial charge on any atom is -0.478 e. The van der Waals surface area contributed by atoms with Gasteiger partial charge in [0.15, 0.2) is 8.68 Å². The van der Waals surface area contributed by atoms with Gasteiger partial charge in [-0.3, -0.25) is 0 Å². The van der Waals surface area contributed by atoms with Crippen LogP contribution in [0.15, 0.2) is 36.2 Å². The standard InChI is InChI=1S/C10H7BrN2O2S3/c1-16-9-12-13-10(18-9)17-7-3-2-5(8(14)15)4-6(7)11/h2-4H,1H3,(H,14,15). The molecule has 4 nitrogen and oxygen atoms in total. The lowest BCUT2D eigenvalue weighted by Crippen LogP contribution is -1.95. The zero-order valence-electron chi connectivity index (χ0n) is 9.08. The maximum absolute atomic E-state index is 10.8. The van der Waals surface area contributed by atoms with Crippen LogP contribution >= 0.6 is 50.8 Å². The number of halogens is 1. The molecule has 0 amide bonds. The fourth-order valence-corrected chi connectivity index (χ4v) is 4.15. The van der Waals surface area contributed by atoms with Crippen LogP contribution in [-0.4, -0.2) is 27.5 Å². The van der Waals surface area contributed by atoms with Gasteiger partial charge in [0.05, 0.1) is 5.56 Å². The Morgan fingerprint density at radius 1 is 1.39 bits per heavy atom. The van der Waals surface area contributed by atoms with Crippen molar-refractivity contribution >= 4 is 56.8 Å². The molecule has 0 aliphatic carbocycles. The highest BCUT2D eigenvalue weighted by molar-refractivity contribution is 9.10. The molecule has 0 aliphatic rings. The van der Waals surface area contributed by atoms with Crippen LogP contribution in [-0.2, 0) is 0 Å². The summed E-state index contributed by atoms with van der Waals surface area (Å²) in [4.78, 5) is 11.7. The Kier molecular flexibility index (Phi) is 4.66. The van der Waals surface area contributed by atoms with E-state index in [4.69, 9.17) is 5.11 Å². The molecule has 0 fully saturated rings. The van der Waals surface area contributed by atoms with Gasteiger partial charge in [-0.15, -0.1) is 10.2 Å². The van der Waals surface area contributed by atoms with Gasteiger partial charge in [-0.1, -0.05) is 34.9 Å². The van der Waals surface area contributed by atoms with Gasteiger partial charge in [0.1, 0.15) is 0 Å². The van der Waals surface area contributed by atoms with Crippen molar-refractivity contribution in [1.82, 2.24) is 10.2 Å². The number of thioether (sulfide) groups is 1. The molecule has 8 heteroatoms. The summed E-state index contributed by atoms with van der Waals surface area (Å²) in [5.74, 6) is -0.937. The Morgan fingerprint density at radius 2 is 2.11 bits per heavy atom. The van der Waals surface area contributed by atoms with E-state index in [9.17, 15) is 4.79 Å². The molecule has 1 N–H and O–H groups in total. The number of carbonyl (C=O) groups is 1. The van der Waals surface area contributed by atoms with E-state index in [2.05, 4.69) is 26.1 Å². The second kappa shape index (κ2) is 6.05. The summed E-state index contributed by atoms with van der Waals surface area (Å²) in [5, 5.41) is 16.9. The van der Waals surface area contributed by atoms with Crippen LogP contribution in [0.4, 0.5) is 0 Å². The number of nitrogens with zero attached hydrogens (tertiary/aromatic N) is 2. The number of hydrogen-bond donors (Lipinski definition) is 1. The maximum Gasteiger partial charge on any atom is 0.335 e. The second-order valence-electron chi connectivity index (χ2n) is 3.09. The molecule has 1 heterocycles. The first-order chi connectivity index (χ1) is 8.60. The van der Waals surface area contributed by atoms with Crippen LogP contribution in [0, 0.1) is 0 Å². The molecule has 18 heavy (non-hydrogen) atoms. The molecule has 0 spiro atoms. The van der Waals surface area contributed by atoms with Crippen LogP contribution in [0.2, 0.25) is 0 Å². The van der Waals surface area contributed by atoms with Crippen molar-refractivity contribution in [2.75, 3.05) is 6.26 Å². The predicted octanol–water partition coefficient (Wildman–Crippen LogP) is 3.87. The highest BCUT2D eigenvalue weighted by atomic mass is 79.9. The van der Waals surface area contributed by atoms with E-state index in [1.807, 2.05) is 6.26 Å². The Bertz CT molecular complexity index is 588. The van der Waals surface area contributed by atoms with E-state index in [0.717, 1.165) is 18.0 Å². The van der Waals surface area contributed by atoms with Crippen LogP contribution in [0.5, 0.6) is 0 Å². The monoisotopic (exact) mass is 362 g/mol. The normalized spacial score (nSPS) is 10.6. The van der Waals surface area contributed by atoms with Crippen molar-refractivity contribution in [3.05, 3.63) is 28.2 Å². The molecule has 0 saturated carbocycles. The van der Waals surface area contributed by atoms with E-state index in [1.165, 1.54) is 23.1 Å². The van der Waals surface area contributed by atoms with E-state index in [-0.39, 0.29) is 5.56 Å². The van der Waals surface area contributed by atoms with Gasteiger partial charge >= 0.3 is 5.97 Å². The van der Waals surface area contributed by atoms with Crippen molar-refractivity contribution in [2.45, 2.75) is 13.6 Å². The topological polar surface area (TPSA) is 63.1 Å². The lowest BCUT2D eigenvalue weighted by atomic mass is 10.2. The number of aromatic nitrogens is 2. The fourth-order valence-electron chi connectivity index (χ4n) is 1.13. The molecule has 0 aliphatic heterocycles. The smallest absolute Gasteiger partial charge is 0.335 e. The first kappa shape index (κ1) is 13.9. The van der Waals surface area contributed by atoms with Crippen molar-refractivity contribution in [2.24, 2.45) is 0 Å². The molecule has 0 atom stereocenters. The third kappa shape index (κ3) is 3.25. The summed E-state index contributed by atoms with van der Waals surface area (Å²) < 4.78 is 2.49. The average Bonchev–Trinajstić information content (AvgIpc) is 2.79. The summed E-state index contributed by atoms with van der Waals surface area (Å²) in [5.41, 5.74) is 0.258. The Balaban J connectivity index is 2.21. The van der Waals surface area contributed by atoms with Gasteiger partial charge in [0.2, 0.25) is 0 Å². The molecular weight excluding hydrogens is 356 g/mol. The van der Waals surface area contributed by atoms with Gasteiger partial charge in [0, 0.05) is 9.37 Å². The molecule has 1 aromatic carbocycles. The Morgan fingerprint density at radius 3 is 2.67 bits per heavy atom. The van der Waals surface area contributed by atoms with E-state index < -0.39 is 5.97 Å². The van der Waals surface area contributed by atoms with Gasteiger partial charge in [-0.25, -0.2) is 4.79 Å². The summed E-state index contributed by atoms with van der Waals surface area (Å²) >= 11 is 7.89. The lowest BCUT2D eigenvalue weighted by Gasteiger charge is -2.02. The fraction of sp³-hybridized carbons (Fsp3) is 0.100. The number of rotatable bonds is 4. The molecule has 0 saturated heterocycles. The third-order valence-electron chi connectivity index (χ3n) is 1.94. The molecule has 1 aromatic heterocycles. The molecule has 2 aromatic rings. The minimum absolute atomic E-state index is 0.258. The minimum atomic E-state index is -0.937. The number of aromatic carboxylic acids is 1. The van der Waals surface area contributed by atoms with Crippen molar-refractivity contribution in [3.8, 4) is 0 Å². The summed E-state index contributed by atoms with van der Waals surface area (Å²) in [6.45, 7) is 0. The highest BCUT2D eigenvalue weighted by Crippen LogP contribution is 2.36. The van der Waals surface area contributed by atoms with Crippen molar-refractivity contribution in [1.29, 1.82) is 0 Å². The van der Waals surface area contributed by atoms with Gasteiger partial charge in [0.25, 0.3) is 0 Å². The Labute approximate surface area is 124 Å². The molecule has 2 rings (SSSR count). The zero-order chi connectivity index (χ0) is 13.1. The van der Waals surface area contributed by atoms with Crippen molar-refractivity contribution < 1.29 is 9.90 Å². The molecule has 0 bridgehead atoms.